The van der Waals surface area contributed by atoms with E-state index < -0.39 is 35.8 Å². The first-order chi connectivity index (χ1) is 24.7. The van der Waals surface area contributed by atoms with Gasteiger partial charge in [-0.2, -0.15) is 0 Å². The molecule has 6 heterocycles. The Balaban J connectivity index is 0.000000178. The van der Waals surface area contributed by atoms with Crippen molar-refractivity contribution in [2.45, 2.75) is 83.6 Å². The Bertz CT molecular complexity index is 2330. The topological polar surface area (TPSA) is 191 Å². The van der Waals surface area contributed by atoms with Crippen LogP contribution in [0.15, 0.2) is 66.2 Å². The second kappa shape index (κ2) is 14.6. The fourth-order valence-electron chi connectivity index (χ4n) is 8.36. The standard InChI is InChI=1S/C21H26N2O4.C17H16N2O6.Na/c1-4-5-6-7-15-14(11-17-19(12(2)24)20(25)23(15)17)13-8-9-18-16(10-13)22(3)21(26)27-18;1-7(20)13-11-6-9(14(16(22)23)19(11)15(13)21)8-3-4-12-10(5-8)18(2)17(24)25-12;/h8-10,12,17,19,24H,4-7,11H2,1-3H3;3-5,7,11,13,20H,6H2,1-2H3,(H,22,23);/q;;+1/p-1/t12-,17-,19-;7-,11-,13-;/m11./s1. The maximum absolute atomic E-state index is 12.6. The minimum atomic E-state index is -1.43. The SMILES string of the molecule is CCCCCC1=C(c2ccc3oc(=O)n(C)c3c2)C[C@@H]2[C@@H]([C@@H](C)O)C(=O)N12.C[C@@H](O)[C@H]1C(=O)N2C(C(=O)[O-])=C(c3ccc4oc(=O)n(C)c4c3)C[C@H]12.[Na+]. The molecule has 4 aromatic rings. The third-order valence-corrected chi connectivity index (χ3v) is 11.1. The van der Waals surface area contributed by atoms with Crippen LogP contribution in [0.2, 0.25) is 0 Å². The normalized spacial score (nSPS) is 23.0. The number of hydrogen-bond acceptors (Lipinski definition) is 10. The van der Waals surface area contributed by atoms with Crippen LogP contribution in [0, 0.1) is 11.8 Å². The number of rotatable bonds is 9. The molecule has 0 unspecified atom stereocenters. The van der Waals surface area contributed by atoms with Crippen molar-refractivity contribution in [2.75, 3.05) is 0 Å². The van der Waals surface area contributed by atoms with Crippen LogP contribution in [0.5, 0.6) is 0 Å². The van der Waals surface area contributed by atoms with Crippen LogP contribution < -0.4 is 46.2 Å². The largest absolute Gasteiger partial charge is 1.00 e. The molecular weight excluding hydrogens is 695 g/mol. The van der Waals surface area contributed by atoms with Crippen LogP contribution in [0.1, 0.15) is 70.4 Å². The Morgan fingerprint density at radius 1 is 0.792 bits per heavy atom. The molecule has 274 valence electrons. The molecule has 2 aromatic heterocycles. The van der Waals surface area contributed by atoms with Gasteiger partial charge in [0.05, 0.1) is 58.8 Å². The second-order valence-electron chi connectivity index (χ2n) is 14.2. The Hall–Kier alpha value is -4.21. The maximum atomic E-state index is 12.6. The number of fused-ring (bicyclic) bond motifs is 4. The number of nitrogens with zero attached hydrogens (tertiary/aromatic N) is 4. The van der Waals surface area contributed by atoms with Gasteiger partial charge in [0.2, 0.25) is 11.8 Å². The Labute approximate surface area is 326 Å². The molecule has 2 aromatic carbocycles. The number of carboxylic acids is 1. The van der Waals surface area contributed by atoms with E-state index >= 15 is 0 Å². The van der Waals surface area contributed by atoms with Crippen molar-refractivity contribution in [2.24, 2.45) is 25.9 Å². The number of β-lactam (4-membered cyclic amide) rings is 2. The summed E-state index contributed by atoms with van der Waals surface area (Å²) in [5, 5.41) is 31.4. The van der Waals surface area contributed by atoms with Crippen LogP contribution in [0.25, 0.3) is 33.3 Å². The van der Waals surface area contributed by atoms with E-state index in [2.05, 4.69) is 6.92 Å². The van der Waals surface area contributed by atoms with Crippen molar-refractivity contribution in [3.8, 4) is 0 Å². The van der Waals surface area contributed by atoms with Crippen molar-refractivity contribution in [1.29, 1.82) is 0 Å². The number of aliphatic hydroxyl groups is 2. The number of hydrogen-bond donors (Lipinski definition) is 2. The third kappa shape index (κ3) is 6.23. The Morgan fingerprint density at radius 3 is 1.75 bits per heavy atom. The zero-order valence-electron chi connectivity index (χ0n) is 30.6. The summed E-state index contributed by atoms with van der Waals surface area (Å²) in [6.45, 7) is 5.38. The van der Waals surface area contributed by atoms with E-state index in [0.29, 0.717) is 34.2 Å². The summed E-state index contributed by atoms with van der Waals surface area (Å²) in [6, 6.07) is 10.3. The molecule has 0 aliphatic carbocycles. The predicted octanol–water partition coefficient (Wildman–Crippen LogP) is -0.758. The van der Waals surface area contributed by atoms with Crippen molar-refractivity contribution in [3.63, 3.8) is 0 Å². The van der Waals surface area contributed by atoms with E-state index in [1.165, 1.54) is 21.0 Å². The average molecular weight is 737 g/mol. The van der Waals surface area contributed by atoms with Gasteiger partial charge >= 0.3 is 41.1 Å². The summed E-state index contributed by atoms with van der Waals surface area (Å²) in [6.07, 6.45) is 3.72. The van der Waals surface area contributed by atoms with Gasteiger partial charge < -0.3 is 38.7 Å². The summed E-state index contributed by atoms with van der Waals surface area (Å²) in [4.78, 5) is 63.0. The van der Waals surface area contributed by atoms with Gasteiger partial charge in [0.25, 0.3) is 0 Å². The predicted molar refractivity (Wildman–Crippen MR) is 187 cm³/mol. The Morgan fingerprint density at radius 2 is 1.26 bits per heavy atom. The third-order valence-electron chi connectivity index (χ3n) is 11.1. The van der Waals surface area contributed by atoms with Crippen LogP contribution in [-0.2, 0) is 28.5 Å². The fourth-order valence-corrected chi connectivity index (χ4v) is 8.36. The van der Waals surface area contributed by atoms with Crippen LogP contribution in [0.3, 0.4) is 0 Å². The molecule has 2 N–H and O–H groups in total. The number of benzene rings is 2. The maximum Gasteiger partial charge on any atom is 1.00 e. The molecule has 14 nitrogen and oxygen atoms in total. The molecule has 8 rings (SSSR count). The number of aryl methyl sites for hydroxylation is 2. The summed E-state index contributed by atoms with van der Waals surface area (Å²) in [7, 11) is 3.25. The molecule has 0 spiro atoms. The number of oxazole rings is 2. The van der Waals surface area contributed by atoms with Gasteiger partial charge in [-0.05, 0) is 86.1 Å². The molecule has 0 bridgehead atoms. The molecule has 4 aliphatic heterocycles. The molecule has 0 saturated carbocycles. The molecule has 4 aliphatic rings. The molecule has 6 atom stereocenters. The summed E-state index contributed by atoms with van der Waals surface area (Å²) < 4.78 is 13.1. The Kier molecular flexibility index (Phi) is 10.6. The van der Waals surface area contributed by atoms with Crippen LogP contribution in [0.4, 0.5) is 0 Å². The van der Waals surface area contributed by atoms with Crippen molar-refractivity contribution in [1.82, 2.24) is 18.9 Å². The van der Waals surface area contributed by atoms with Gasteiger partial charge in [0.15, 0.2) is 11.2 Å². The monoisotopic (exact) mass is 736 g/mol. The molecular formula is C38H41N4NaO10. The molecule has 2 fully saturated rings. The minimum Gasteiger partial charge on any atom is -0.543 e. The second-order valence-corrected chi connectivity index (χ2v) is 14.2. The van der Waals surface area contributed by atoms with E-state index in [1.54, 1.807) is 39.2 Å². The van der Waals surface area contributed by atoms with Crippen molar-refractivity contribution < 1.29 is 68.1 Å². The van der Waals surface area contributed by atoms with Crippen molar-refractivity contribution in [3.05, 3.63) is 80.0 Å². The first-order valence-corrected chi connectivity index (χ1v) is 17.6. The number of unbranched alkanes of at least 4 members (excludes halogenated alkanes) is 2. The summed E-state index contributed by atoms with van der Waals surface area (Å²) in [5.74, 6) is -3.63. The number of aliphatic hydroxyl groups excluding tert-OH is 2. The van der Waals surface area contributed by atoms with Gasteiger partial charge in [-0.25, -0.2) is 9.59 Å². The smallest absolute Gasteiger partial charge is 0.543 e. The number of aliphatic carboxylic acids is 1. The molecule has 15 heteroatoms. The van der Waals surface area contributed by atoms with E-state index in [0.717, 1.165) is 54.5 Å². The number of allylic oxidation sites excluding steroid dienone is 1. The first kappa shape index (κ1) is 38.5. The quantitative estimate of drug-likeness (QED) is 0.126. The van der Waals surface area contributed by atoms with E-state index in [1.807, 2.05) is 23.1 Å². The van der Waals surface area contributed by atoms with Gasteiger partial charge in [-0.1, -0.05) is 31.9 Å². The number of carbonyl (C=O) groups excluding carboxylic acids is 3. The van der Waals surface area contributed by atoms with Crippen LogP contribution >= 0.6 is 0 Å². The summed E-state index contributed by atoms with van der Waals surface area (Å²) >= 11 is 0. The van der Waals surface area contributed by atoms with E-state index in [-0.39, 0.29) is 64.9 Å². The molecule has 2 amide bonds. The van der Waals surface area contributed by atoms with Gasteiger partial charge in [0, 0.05) is 19.8 Å². The zero-order valence-corrected chi connectivity index (χ0v) is 32.6. The van der Waals surface area contributed by atoms with Gasteiger partial charge in [-0.15, -0.1) is 0 Å². The van der Waals surface area contributed by atoms with Crippen molar-refractivity contribution >= 4 is 51.1 Å². The zero-order chi connectivity index (χ0) is 37.3. The molecule has 53 heavy (non-hydrogen) atoms. The average Bonchev–Trinajstić information content (AvgIpc) is 3.78. The van der Waals surface area contributed by atoms with Gasteiger partial charge in [-0.3, -0.25) is 18.7 Å². The van der Waals surface area contributed by atoms with Gasteiger partial charge in [0.1, 0.15) is 0 Å². The minimum absolute atomic E-state index is 0. The first-order valence-electron chi connectivity index (χ1n) is 17.6. The molecule has 0 radical (unpaired) electrons. The fraction of sp³-hybridized carbons (Fsp3) is 0.447. The van der Waals surface area contributed by atoms with E-state index in [4.69, 9.17) is 8.83 Å². The number of carboxylic acid groups (broad SMARTS) is 1. The van der Waals surface area contributed by atoms with Crippen LogP contribution in [-0.4, -0.2) is 71.2 Å². The number of amides is 2. The van der Waals surface area contributed by atoms with E-state index in [9.17, 15) is 39.3 Å². The summed E-state index contributed by atoms with van der Waals surface area (Å²) in [5.41, 5.74) is 6.38. The number of aromatic nitrogens is 2. The molecule has 2 saturated heterocycles. The number of carbonyl (C=O) groups is 3.